The van der Waals surface area contributed by atoms with Crippen LogP contribution in [0, 0.1) is 5.92 Å². The molecular weight excluding hydrogens is 348 g/mol. The zero-order chi connectivity index (χ0) is 17.4. The van der Waals surface area contributed by atoms with Crippen molar-refractivity contribution in [3.8, 4) is 0 Å². The van der Waals surface area contributed by atoms with E-state index in [9.17, 15) is 18.3 Å². The van der Waals surface area contributed by atoms with Crippen molar-refractivity contribution < 1.29 is 18.3 Å². The van der Waals surface area contributed by atoms with Crippen LogP contribution in [-0.4, -0.2) is 49.6 Å². The first-order chi connectivity index (χ1) is 11.3. The average Bonchev–Trinajstić information content (AvgIpc) is 3.02. The van der Waals surface area contributed by atoms with Gasteiger partial charge in [0.15, 0.2) is 0 Å². The molecule has 1 unspecified atom stereocenters. The van der Waals surface area contributed by atoms with E-state index in [0.29, 0.717) is 32.4 Å². The van der Waals surface area contributed by atoms with Gasteiger partial charge in [-0.15, -0.1) is 11.3 Å². The van der Waals surface area contributed by atoms with Gasteiger partial charge in [-0.1, -0.05) is 0 Å². The second-order valence-corrected chi connectivity index (χ2v) is 9.78. The number of aryl methyl sites for hydroxylation is 1. The molecule has 2 aliphatic rings. The molecule has 3 rings (SSSR count). The van der Waals surface area contributed by atoms with Crippen molar-refractivity contribution in [1.82, 2.24) is 9.62 Å². The van der Waals surface area contributed by atoms with Crippen molar-refractivity contribution >= 4 is 27.3 Å². The van der Waals surface area contributed by atoms with Gasteiger partial charge < -0.3 is 10.4 Å². The minimum Gasteiger partial charge on any atom is -0.383 e. The third-order valence-electron chi connectivity index (χ3n) is 5.09. The van der Waals surface area contributed by atoms with Crippen LogP contribution in [0.4, 0.5) is 0 Å². The topological polar surface area (TPSA) is 86.7 Å². The molecule has 2 heterocycles. The molecule has 0 saturated carbocycles. The minimum atomic E-state index is -3.18. The summed E-state index contributed by atoms with van der Waals surface area (Å²) >= 11 is 1.66. The molecule has 1 aromatic rings. The summed E-state index contributed by atoms with van der Waals surface area (Å²) in [5.74, 6) is -0.268. The zero-order valence-corrected chi connectivity index (χ0v) is 15.5. The van der Waals surface area contributed by atoms with Gasteiger partial charge in [0.1, 0.15) is 5.60 Å². The maximum atomic E-state index is 12.4. The Balaban J connectivity index is 1.56. The molecule has 2 N–H and O–H groups in total. The number of aliphatic hydroxyl groups is 1. The fourth-order valence-corrected chi connectivity index (χ4v) is 5.53. The summed E-state index contributed by atoms with van der Waals surface area (Å²) in [4.78, 5) is 13.6. The van der Waals surface area contributed by atoms with Crippen LogP contribution < -0.4 is 5.32 Å². The number of fused-ring (bicyclic) bond motifs is 1. The van der Waals surface area contributed by atoms with Crippen molar-refractivity contribution in [2.24, 2.45) is 5.92 Å². The first-order valence-electron chi connectivity index (χ1n) is 8.32. The Morgan fingerprint density at radius 3 is 2.83 bits per heavy atom. The number of sulfonamides is 1. The zero-order valence-electron chi connectivity index (χ0n) is 13.8. The standard InChI is InChI=1S/C16H24N2O4S2/c1-24(21,22)18-8-4-12(5-9-18)15(19)17-11-16(20)7-2-3-14-13(16)6-10-23-14/h6,10,12,20H,2-5,7-9,11H2,1H3,(H,17,19). The highest BCUT2D eigenvalue weighted by Crippen LogP contribution is 2.37. The van der Waals surface area contributed by atoms with Crippen molar-refractivity contribution in [2.75, 3.05) is 25.9 Å². The van der Waals surface area contributed by atoms with Crippen LogP contribution in [0.3, 0.4) is 0 Å². The third-order valence-corrected chi connectivity index (χ3v) is 7.37. The smallest absolute Gasteiger partial charge is 0.223 e. The van der Waals surface area contributed by atoms with Gasteiger partial charge >= 0.3 is 0 Å². The van der Waals surface area contributed by atoms with Gasteiger partial charge in [-0.05, 0) is 49.1 Å². The van der Waals surface area contributed by atoms with E-state index in [4.69, 9.17) is 0 Å². The molecular formula is C16H24N2O4S2. The highest BCUT2D eigenvalue weighted by Gasteiger charge is 2.36. The summed E-state index contributed by atoms with van der Waals surface area (Å²) in [7, 11) is -3.18. The summed E-state index contributed by atoms with van der Waals surface area (Å²) in [5, 5.41) is 15.8. The lowest BCUT2D eigenvalue weighted by molar-refractivity contribution is -0.127. The van der Waals surface area contributed by atoms with E-state index < -0.39 is 15.6 Å². The number of hydrogen-bond donors (Lipinski definition) is 2. The molecule has 0 spiro atoms. The number of rotatable bonds is 4. The molecule has 0 aromatic carbocycles. The van der Waals surface area contributed by atoms with Crippen LogP contribution in [0.25, 0.3) is 0 Å². The fourth-order valence-electron chi connectivity index (χ4n) is 3.64. The Labute approximate surface area is 146 Å². The number of piperidine rings is 1. The maximum absolute atomic E-state index is 12.4. The van der Waals surface area contributed by atoms with E-state index in [1.165, 1.54) is 15.4 Å². The van der Waals surface area contributed by atoms with Crippen molar-refractivity contribution in [3.05, 3.63) is 21.9 Å². The number of hydrogen-bond acceptors (Lipinski definition) is 5. The van der Waals surface area contributed by atoms with Gasteiger partial charge in [0.2, 0.25) is 15.9 Å². The van der Waals surface area contributed by atoms with E-state index >= 15 is 0 Å². The van der Waals surface area contributed by atoms with Crippen LogP contribution in [0.15, 0.2) is 11.4 Å². The molecule has 0 radical (unpaired) electrons. The maximum Gasteiger partial charge on any atom is 0.223 e. The van der Waals surface area contributed by atoms with Crippen LogP contribution in [0.1, 0.15) is 36.1 Å². The van der Waals surface area contributed by atoms with Gasteiger partial charge in [0, 0.05) is 23.9 Å². The Bertz CT molecular complexity index is 707. The summed E-state index contributed by atoms with van der Waals surface area (Å²) in [5.41, 5.74) is -0.0255. The minimum absolute atomic E-state index is 0.0843. The van der Waals surface area contributed by atoms with Crippen LogP contribution >= 0.6 is 11.3 Å². The largest absolute Gasteiger partial charge is 0.383 e. The van der Waals surface area contributed by atoms with E-state index in [1.54, 1.807) is 11.3 Å². The summed E-state index contributed by atoms with van der Waals surface area (Å²) < 4.78 is 24.5. The number of carbonyl (C=O) groups is 1. The molecule has 0 bridgehead atoms. The molecule has 24 heavy (non-hydrogen) atoms. The third kappa shape index (κ3) is 3.66. The summed E-state index contributed by atoms with van der Waals surface area (Å²) in [6.07, 6.45) is 4.83. The molecule has 1 aliphatic carbocycles. The van der Waals surface area contributed by atoms with Crippen LogP contribution in [0.5, 0.6) is 0 Å². The Morgan fingerprint density at radius 1 is 1.46 bits per heavy atom. The normalized spacial score (nSPS) is 26.1. The Morgan fingerprint density at radius 2 is 2.17 bits per heavy atom. The summed E-state index contributed by atoms with van der Waals surface area (Å²) in [6, 6.07) is 1.95. The Hall–Kier alpha value is -0.960. The van der Waals surface area contributed by atoms with E-state index in [2.05, 4.69) is 5.32 Å². The molecule has 1 atom stereocenters. The van der Waals surface area contributed by atoms with E-state index in [0.717, 1.165) is 18.4 Å². The van der Waals surface area contributed by atoms with Gasteiger partial charge in [-0.25, -0.2) is 12.7 Å². The molecule has 8 heteroatoms. The van der Waals surface area contributed by atoms with E-state index in [1.807, 2.05) is 11.4 Å². The average molecular weight is 373 g/mol. The van der Waals surface area contributed by atoms with Gasteiger partial charge in [0.05, 0.1) is 12.8 Å². The monoisotopic (exact) mass is 372 g/mol. The number of amides is 1. The summed E-state index contributed by atoms with van der Waals surface area (Å²) in [6.45, 7) is 0.994. The molecule has 1 aromatic heterocycles. The molecule has 1 saturated heterocycles. The highest BCUT2D eigenvalue weighted by atomic mass is 32.2. The van der Waals surface area contributed by atoms with Gasteiger partial charge in [0.25, 0.3) is 0 Å². The quantitative estimate of drug-likeness (QED) is 0.827. The predicted molar refractivity (Wildman–Crippen MR) is 93.3 cm³/mol. The number of nitrogens with zero attached hydrogens (tertiary/aromatic N) is 1. The second kappa shape index (κ2) is 6.74. The van der Waals surface area contributed by atoms with Crippen molar-refractivity contribution in [3.63, 3.8) is 0 Å². The first kappa shape index (κ1) is 17.8. The lowest BCUT2D eigenvalue weighted by atomic mass is 9.83. The Kier molecular flexibility index (Phi) is 5.01. The predicted octanol–water partition coefficient (Wildman–Crippen LogP) is 1.06. The lowest BCUT2D eigenvalue weighted by Crippen LogP contribution is -2.47. The van der Waals surface area contributed by atoms with Gasteiger partial charge in [-0.3, -0.25) is 4.79 Å². The SMILES string of the molecule is CS(=O)(=O)N1CCC(C(=O)NCC2(O)CCCc3sccc32)CC1. The van der Waals surface area contributed by atoms with Crippen LogP contribution in [-0.2, 0) is 26.8 Å². The molecule has 1 aliphatic heterocycles. The second-order valence-electron chi connectivity index (χ2n) is 6.80. The van der Waals surface area contributed by atoms with Gasteiger partial charge in [-0.2, -0.15) is 0 Å². The first-order valence-corrected chi connectivity index (χ1v) is 11.0. The number of carbonyl (C=O) groups excluding carboxylic acids is 1. The van der Waals surface area contributed by atoms with E-state index in [-0.39, 0.29) is 18.4 Å². The number of thiophene rings is 1. The fraction of sp³-hybridized carbons (Fsp3) is 0.688. The van der Waals surface area contributed by atoms with Crippen molar-refractivity contribution in [1.29, 1.82) is 0 Å². The molecule has 1 amide bonds. The lowest BCUT2D eigenvalue weighted by Gasteiger charge is -2.34. The highest BCUT2D eigenvalue weighted by molar-refractivity contribution is 7.88. The molecule has 6 nitrogen and oxygen atoms in total. The van der Waals surface area contributed by atoms with Crippen molar-refractivity contribution in [2.45, 2.75) is 37.7 Å². The number of nitrogens with one attached hydrogen (secondary N) is 1. The molecule has 1 fully saturated rings. The molecule has 134 valence electrons. The van der Waals surface area contributed by atoms with Crippen LogP contribution in [0.2, 0.25) is 0 Å².